The number of nitrogens with zero attached hydrogens (tertiary/aromatic N) is 8. The lowest BCUT2D eigenvalue weighted by molar-refractivity contribution is 0.0926. The van der Waals surface area contributed by atoms with Crippen molar-refractivity contribution in [2.45, 2.75) is 155 Å². The fourth-order valence-corrected chi connectivity index (χ4v) is 24.6. The molecule has 149 heavy (non-hydrogen) atoms. The van der Waals surface area contributed by atoms with Crippen LogP contribution in [0.1, 0.15) is 142 Å². The van der Waals surface area contributed by atoms with Crippen molar-refractivity contribution in [1.82, 2.24) is 39.9 Å². The highest BCUT2D eigenvalue weighted by Crippen LogP contribution is 2.56. The number of aromatic nitrogens is 8. The van der Waals surface area contributed by atoms with Crippen molar-refractivity contribution in [1.29, 1.82) is 0 Å². The molecule has 16 aromatic rings. The Bertz CT molecular complexity index is 7520. The number of aromatic amines is 4. The van der Waals surface area contributed by atoms with Crippen molar-refractivity contribution < 1.29 is 66.9 Å². The molecule has 8 heterocycles. The molecule has 8 aromatic carbocycles. The van der Waals surface area contributed by atoms with Crippen LogP contribution in [0.15, 0.2) is 195 Å². The van der Waals surface area contributed by atoms with Gasteiger partial charge in [0.15, 0.2) is 63.8 Å². The van der Waals surface area contributed by atoms with Gasteiger partial charge in [-0.15, -0.1) is 0 Å². The molecule has 0 amide bonds. The molecule has 31 heteroatoms. The maximum Gasteiger partial charge on any atom is 0.257 e. The molecule has 12 fully saturated rings. The van der Waals surface area contributed by atoms with E-state index in [4.69, 9.17) is 40.5 Å². The van der Waals surface area contributed by atoms with Gasteiger partial charge in [-0.2, -0.15) is 0 Å². The zero-order chi connectivity index (χ0) is 103. The average Bonchev–Trinajstić information content (AvgIpc) is 1.66. The molecule has 12 aliphatic carbocycles. The topological polar surface area (TPSA) is 208 Å². The minimum absolute atomic E-state index is 0.0142. The maximum atomic E-state index is 16.1. The highest BCUT2D eigenvalue weighted by molar-refractivity contribution is 6.03. The second-order valence-corrected chi connectivity index (χ2v) is 40.4. The van der Waals surface area contributed by atoms with Crippen molar-refractivity contribution >= 4 is 89.6 Å². The van der Waals surface area contributed by atoms with Crippen LogP contribution >= 0.6 is 0 Å². The van der Waals surface area contributed by atoms with Crippen LogP contribution in [-0.2, 0) is 0 Å². The van der Waals surface area contributed by atoms with E-state index in [2.05, 4.69) is 120 Å². The third-order valence-corrected chi connectivity index (χ3v) is 32.4. The molecule has 8 atom stereocenters. The van der Waals surface area contributed by atoms with Gasteiger partial charge in [0.25, 0.3) is 17.1 Å². The minimum Gasteiger partial charge on any atom is -0.465 e. The van der Waals surface area contributed by atoms with E-state index >= 15 is 17.6 Å². The third-order valence-electron chi connectivity index (χ3n) is 32.4. The molecule has 8 bridgehead atoms. The van der Waals surface area contributed by atoms with E-state index in [0.29, 0.717) is 116 Å². The summed E-state index contributed by atoms with van der Waals surface area (Å²) in [5.41, 5.74) is 1.90. The fourth-order valence-electron chi connectivity index (χ4n) is 24.6. The number of H-pyrrole nitrogens is 4. The molecule has 0 aliphatic heterocycles. The smallest absolute Gasteiger partial charge is 0.257 e. The second kappa shape index (κ2) is 41.6. The van der Waals surface area contributed by atoms with E-state index in [1.165, 1.54) is 100 Å². The standard InChI is InChI=1S/C31H25F3N4.3C29H25F3N4O/c1-17-19-9-11-20(12-10-19)27(17)37-31-26(34)22(13-8-18-6-4-3-5-7-18)29(35-2)30(38-31)24-16-36-28-23(24)14-21(32)15-25(28)33;3*1-15-16-8-10-17(11-9-16)24(15)35-29-23(32)28(37-19-6-4-3-5-7-19)27(33-2)26(36-29)21-14-34-25-20(21)12-18(30)13-22(25)31/h3-7,14-17,19-20,27,36H,9-12H2,1H3,(H,37,38);3*3-7,12-17,24,34H,8-11H2,1H3,(H,35,36)/t;2*15-,16?,17?,24+;/m.10./s1. The van der Waals surface area contributed by atoms with Crippen LogP contribution in [0.5, 0.6) is 34.5 Å². The number of rotatable bonds is 18. The maximum absolute atomic E-state index is 16.1. The normalized spacial score (nSPS) is 22.5. The van der Waals surface area contributed by atoms with E-state index < -0.39 is 69.8 Å². The SMILES string of the molecule is [C-]#[N+]c1c(-c2c[nH]c3c(F)cc(F)cc23)nc(NC2C3CCC(CC3)C2C)c(F)c1C#Cc1ccccc1.[C-]#[N+]c1c(-c2c[nH]c3c(F)cc(F)cc23)nc(NC2C3CCC(CC3)C2C)c(F)c1Oc1ccccc1.[C-]#[N+]c1c(-c2c[nH]c3c(F)cc(F)cc23)nc(N[C@@H]2C3CCC(CC3)[C@H]2C)c(F)c1Oc1ccccc1.[C-]#[N+]c1c(-c2c[nH]c3c(F)cc(F)cc23)nc(N[C@H]2C3CCC(CC3)[C@@H]2C)c(F)c1Oc1ccccc1. The number of benzene rings is 8. The van der Waals surface area contributed by atoms with Crippen LogP contribution in [0, 0.1) is 179 Å². The summed E-state index contributed by atoms with van der Waals surface area (Å²) in [6.07, 6.45) is 23.9. The summed E-state index contributed by atoms with van der Waals surface area (Å²) in [5.74, 6) is 2.28. The van der Waals surface area contributed by atoms with Gasteiger partial charge in [-0.05, 0) is 247 Å². The molecule has 12 aliphatic rings. The first-order valence-corrected chi connectivity index (χ1v) is 50.4. The molecule has 0 radical (unpaired) electrons. The van der Waals surface area contributed by atoms with Gasteiger partial charge in [0, 0.05) is 123 Å². The number of fused-ring (bicyclic) bond motifs is 16. The first-order valence-electron chi connectivity index (χ1n) is 50.4. The van der Waals surface area contributed by atoms with Crippen molar-refractivity contribution in [3.8, 4) is 91.4 Å². The van der Waals surface area contributed by atoms with Gasteiger partial charge >= 0.3 is 0 Å². The lowest BCUT2D eigenvalue weighted by Crippen LogP contribution is -2.47. The summed E-state index contributed by atoms with van der Waals surface area (Å²) < 4.78 is 197. The van der Waals surface area contributed by atoms with Gasteiger partial charge in [0.05, 0.1) is 76.7 Å². The zero-order valence-corrected chi connectivity index (χ0v) is 81.4. The van der Waals surface area contributed by atoms with Crippen molar-refractivity contribution in [2.75, 3.05) is 21.3 Å². The molecule has 19 nitrogen and oxygen atoms in total. The number of ether oxygens (including phenoxy) is 3. The van der Waals surface area contributed by atoms with Crippen LogP contribution in [0.4, 0.5) is 98.7 Å². The number of pyridine rings is 4. The Morgan fingerprint density at radius 3 is 0.758 bits per heavy atom. The molecule has 28 rings (SSSR count). The van der Waals surface area contributed by atoms with Crippen LogP contribution < -0.4 is 35.5 Å². The Morgan fingerprint density at radius 1 is 0.289 bits per heavy atom. The van der Waals surface area contributed by atoms with E-state index in [1.807, 2.05) is 18.2 Å². The number of nitrogens with one attached hydrogen (secondary N) is 8. The van der Waals surface area contributed by atoms with Crippen molar-refractivity contribution in [2.24, 2.45) is 71.0 Å². The molecule has 8 N–H and O–H groups in total. The van der Waals surface area contributed by atoms with Crippen LogP contribution in [0.3, 0.4) is 0 Å². The largest absolute Gasteiger partial charge is 0.465 e. The summed E-state index contributed by atoms with van der Waals surface area (Å²) >= 11 is 0. The van der Waals surface area contributed by atoms with E-state index in [0.717, 1.165) is 75.6 Å². The van der Waals surface area contributed by atoms with Crippen molar-refractivity contribution in [3.63, 3.8) is 0 Å². The predicted octanol–water partition coefficient (Wildman–Crippen LogP) is 32.5. The second-order valence-electron chi connectivity index (χ2n) is 40.4. The monoisotopic (exact) mass is 2020 g/mol. The zero-order valence-electron chi connectivity index (χ0n) is 81.4. The lowest BCUT2D eigenvalue weighted by Gasteiger charge is -2.47. The molecular weight excluding hydrogens is 1920 g/mol. The highest BCUT2D eigenvalue weighted by Gasteiger charge is 2.47. The third kappa shape index (κ3) is 19.1. The van der Waals surface area contributed by atoms with Gasteiger partial charge < -0.3 is 55.4 Å². The number of halogens is 12. The summed E-state index contributed by atoms with van der Waals surface area (Å²) in [6, 6.07) is 43.0. The molecule has 12 saturated carbocycles. The van der Waals surface area contributed by atoms with Gasteiger partial charge in [-0.3, -0.25) is 0 Å². The first kappa shape index (κ1) is 98.8. The Labute approximate surface area is 851 Å². The Hall–Kier alpha value is -16.2. The van der Waals surface area contributed by atoms with Crippen LogP contribution in [0.2, 0.25) is 0 Å². The number of para-hydroxylation sites is 3. The van der Waals surface area contributed by atoms with Crippen LogP contribution in [0.25, 0.3) is 108 Å². The average molecular weight is 2020 g/mol. The quantitative estimate of drug-likeness (QED) is 0.0230. The van der Waals surface area contributed by atoms with Gasteiger partial charge in [-0.1, -0.05) is 112 Å². The molecule has 754 valence electrons. The minimum atomic E-state index is -0.765. The van der Waals surface area contributed by atoms with Gasteiger partial charge in [0.2, 0.25) is 5.69 Å². The lowest BCUT2D eigenvalue weighted by atomic mass is 9.62. The summed E-state index contributed by atoms with van der Waals surface area (Å²) in [5, 5.41) is 14.3. The number of hydrogen-bond donors (Lipinski definition) is 8. The molecular formula is C118H100F12N16O3. The highest BCUT2D eigenvalue weighted by atomic mass is 19.2. The van der Waals surface area contributed by atoms with Crippen molar-refractivity contribution in [3.05, 3.63) is 321 Å². The number of anilines is 4. The summed E-state index contributed by atoms with van der Waals surface area (Å²) in [4.78, 5) is 43.8. The fraction of sp³-hybridized carbons (Fsp3) is 0.305. The van der Waals surface area contributed by atoms with E-state index in [9.17, 15) is 35.1 Å². The Morgan fingerprint density at radius 2 is 0.517 bits per heavy atom. The molecule has 0 spiro atoms. The Kier molecular flexibility index (Phi) is 27.6. The number of hydrogen-bond acceptors (Lipinski definition) is 11. The molecule has 8 aromatic heterocycles. The van der Waals surface area contributed by atoms with Gasteiger partial charge in [-0.25, -0.2) is 92.0 Å². The Balaban J connectivity index is 0.000000116. The van der Waals surface area contributed by atoms with E-state index in [1.54, 1.807) is 103 Å². The summed E-state index contributed by atoms with van der Waals surface area (Å²) in [7, 11) is 0. The summed E-state index contributed by atoms with van der Waals surface area (Å²) in [6.45, 7) is 40.2. The molecule has 0 saturated heterocycles. The van der Waals surface area contributed by atoms with E-state index in [-0.39, 0.29) is 159 Å². The first-order chi connectivity index (χ1) is 72.3. The van der Waals surface area contributed by atoms with Gasteiger partial charge in [0.1, 0.15) is 63.8 Å². The van der Waals surface area contributed by atoms with Crippen LogP contribution in [-0.4, -0.2) is 64.0 Å². The molecule has 4 unspecified atom stereocenters. The predicted molar refractivity (Wildman–Crippen MR) is 551 cm³/mol.